The van der Waals surface area contributed by atoms with Crippen molar-refractivity contribution in [3.63, 3.8) is 0 Å². The number of rotatable bonds is 3. The highest BCUT2D eigenvalue weighted by molar-refractivity contribution is 7.10. The lowest BCUT2D eigenvalue weighted by atomic mass is 10.2. The van der Waals surface area contributed by atoms with E-state index in [1.807, 2.05) is 0 Å². The minimum atomic E-state index is -0.466. The van der Waals surface area contributed by atoms with E-state index in [9.17, 15) is 10.1 Å². The summed E-state index contributed by atoms with van der Waals surface area (Å²) in [6, 6.07) is 5.90. The number of hydrogen-bond donors (Lipinski definition) is 1. The predicted molar refractivity (Wildman–Crippen MR) is 76.6 cm³/mol. The van der Waals surface area contributed by atoms with Crippen molar-refractivity contribution >= 4 is 22.2 Å². The van der Waals surface area contributed by atoms with Gasteiger partial charge in [0, 0.05) is 17.7 Å². The van der Waals surface area contributed by atoms with Crippen molar-refractivity contribution in [2.24, 2.45) is 0 Å². The standard InChI is InChI=1S/C12H9N5O3S/c1-6-9(10(13)21-16-6)12-14-11(15-20-12)7-2-4-8(5-3-7)17(18)19/h2-5H,13H2,1H3. The average Bonchev–Trinajstić information content (AvgIpc) is 3.06. The topological polar surface area (TPSA) is 121 Å². The molecule has 0 spiro atoms. The van der Waals surface area contributed by atoms with Crippen LogP contribution in [-0.4, -0.2) is 19.4 Å². The molecule has 106 valence electrons. The zero-order valence-corrected chi connectivity index (χ0v) is 11.6. The van der Waals surface area contributed by atoms with Crippen molar-refractivity contribution in [1.82, 2.24) is 14.5 Å². The fourth-order valence-electron chi connectivity index (χ4n) is 1.82. The maximum absolute atomic E-state index is 10.6. The molecule has 2 heterocycles. The number of nitrogens with two attached hydrogens (primary N) is 1. The van der Waals surface area contributed by atoms with Gasteiger partial charge in [-0.2, -0.15) is 9.36 Å². The predicted octanol–water partition coefficient (Wildman–Crippen LogP) is 2.66. The van der Waals surface area contributed by atoms with Crippen LogP contribution in [0.5, 0.6) is 0 Å². The highest BCUT2D eigenvalue weighted by Gasteiger charge is 2.18. The van der Waals surface area contributed by atoms with Gasteiger partial charge >= 0.3 is 0 Å². The largest absolute Gasteiger partial charge is 0.389 e. The monoisotopic (exact) mass is 303 g/mol. The molecule has 21 heavy (non-hydrogen) atoms. The van der Waals surface area contributed by atoms with Gasteiger partial charge in [-0.15, -0.1) is 0 Å². The van der Waals surface area contributed by atoms with E-state index < -0.39 is 4.92 Å². The fourth-order valence-corrected chi connectivity index (χ4v) is 2.47. The molecule has 0 bridgehead atoms. The van der Waals surface area contributed by atoms with E-state index in [1.165, 1.54) is 12.1 Å². The second-order valence-electron chi connectivity index (χ2n) is 4.23. The minimum Gasteiger partial charge on any atom is -0.389 e. The van der Waals surface area contributed by atoms with Crippen LogP contribution in [0.15, 0.2) is 28.8 Å². The molecule has 0 saturated heterocycles. The molecule has 1 aromatic carbocycles. The Morgan fingerprint density at radius 3 is 2.62 bits per heavy atom. The molecule has 2 N–H and O–H groups in total. The zero-order chi connectivity index (χ0) is 15.0. The molecule has 3 aromatic rings. The summed E-state index contributed by atoms with van der Waals surface area (Å²) in [5.74, 6) is 0.622. The van der Waals surface area contributed by atoms with E-state index in [0.29, 0.717) is 22.0 Å². The third-order valence-electron chi connectivity index (χ3n) is 2.87. The number of nitrogen functional groups attached to an aromatic ring is 1. The molecule has 0 aliphatic rings. The number of nitrogens with zero attached hydrogens (tertiary/aromatic N) is 4. The first-order chi connectivity index (χ1) is 10.1. The van der Waals surface area contributed by atoms with Gasteiger partial charge in [0.1, 0.15) is 5.00 Å². The van der Waals surface area contributed by atoms with Crippen LogP contribution >= 0.6 is 11.5 Å². The van der Waals surface area contributed by atoms with Crippen molar-refractivity contribution in [2.75, 3.05) is 5.73 Å². The lowest BCUT2D eigenvalue weighted by Crippen LogP contribution is -1.88. The molecule has 8 nitrogen and oxygen atoms in total. The lowest BCUT2D eigenvalue weighted by molar-refractivity contribution is -0.384. The van der Waals surface area contributed by atoms with Crippen LogP contribution in [0.4, 0.5) is 10.7 Å². The van der Waals surface area contributed by atoms with Gasteiger partial charge < -0.3 is 10.3 Å². The van der Waals surface area contributed by atoms with Gasteiger partial charge in [-0.1, -0.05) is 5.16 Å². The summed E-state index contributed by atoms with van der Waals surface area (Å²) in [6.45, 7) is 1.80. The molecular formula is C12H9N5O3S. The summed E-state index contributed by atoms with van der Waals surface area (Å²) < 4.78 is 9.31. The molecule has 0 aliphatic carbocycles. The third-order valence-corrected chi connectivity index (χ3v) is 3.63. The first-order valence-electron chi connectivity index (χ1n) is 5.87. The van der Waals surface area contributed by atoms with Crippen LogP contribution < -0.4 is 5.73 Å². The van der Waals surface area contributed by atoms with Gasteiger partial charge in [-0.05, 0) is 30.6 Å². The van der Waals surface area contributed by atoms with Crippen LogP contribution in [0.1, 0.15) is 5.69 Å². The number of aromatic nitrogens is 3. The van der Waals surface area contributed by atoms with Gasteiger partial charge in [0.15, 0.2) is 0 Å². The summed E-state index contributed by atoms with van der Waals surface area (Å²) in [7, 11) is 0. The van der Waals surface area contributed by atoms with Crippen molar-refractivity contribution in [1.29, 1.82) is 0 Å². The van der Waals surface area contributed by atoms with E-state index in [2.05, 4.69) is 14.5 Å². The Labute approximate surface area is 122 Å². The maximum atomic E-state index is 10.6. The van der Waals surface area contributed by atoms with Crippen molar-refractivity contribution in [3.05, 3.63) is 40.1 Å². The number of aryl methyl sites for hydroxylation is 1. The minimum absolute atomic E-state index is 0.00425. The number of nitro groups is 1. The van der Waals surface area contributed by atoms with E-state index >= 15 is 0 Å². The molecule has 2 aromatic heterocycles. The Balaban J connectivity index is 1.97. The van der Waals surface area contributed by atoms with Crippen LogP contribution in [0.2, 0.25) is 0 Å². The second kappa shape index (κ2) is 4.94. The molecular weight excluding hydrogens is 294 g/mol. The summed E-state index contributed by atoms with van der Waals surface area (Å²) in [6.07, 6.45) is 0. The number of non-ortho nitro benzene ring substituents is 1. The molecule has 0 atom stereocenters. The molecule has 3 rings (SSSR count). The summed E-state index contributed by atoms with van der Waals surface area (Å²) in [5, 5.41) is 15.0. The lowest BCUT2D eigenvalue weighted by Gasteiger charge is -1.94. The van der Waals surface area contributed by atoms with Gasteiger partial charge in [-0.25, -0.2) is 0 Å². The molecule has 0 aliphatic heterocycles. The first-order valence-corrected chi connectivity index (χ1v) is 6.64. The summed E-state index contributed by atoms with van der Waals surface area (Å²) in [5.41, 5.74) is 7.80. The smallest absolute Gasteiger partial charge is 0.269 e. The van der Waals surface area contributed by atoms with Gasteiger partial charge in [0.05, 0.1) is 16.2 Å². The Bertz CT molecular complexity index is 789. The molecule has 0 fully saturated rings. The Kier molecular flexibility index (Phi) is 3.10. The maximum Gasteiger partial charge on any atom is 0.269 e. The van der Waals surface area contributed by atoms with Crippen LogP contribution in [0.25, 0.3) is 22.8 Å². The first kappa shape index (κ1) is 13.2. The molecule has 0 saturated carbocycles. The number of nitro benzene ring substituents is 1. The molecule has 0 unspecified atom stereocenters. The molecule has 0 amide bonds. The van der Waals surface area contributed by atoms with Gasteiger partial charge in [0.2, 0.25) is 5.82 Å². The third kappa shape index (κ3) is 2.34. The van der Waals surface area contributed by atoms with Crippen molar-refractivity contribution in [2.45, 2.75) is 6.92 Å². The van der Waals surface area contributed by atoms with Crippen LogP contribution in [0, 0.1) is 17.0 Å². The Morgan fingerprint density at radius 2 is 2.05 bits per heavy atom. The Morgan fingerprint density at radius 1 is 1.33 bits per heavy atom. The van der Waals surface area contributed by atoms with E-state index in [4.69, 9.17) is 10.3 Å². The number of benzene rings is 1. The van der Waals surface area contributed by atoms with Crippen LogP contribution in [0.3, 0.4) is 0 Å². The Hall–Kier alpha value is -2.81. The highest BCUT2D eigenvalue weighted by Crippen LogP contribution is 2.32. The second-order valence-corrected chi connectivity index (χ2v) is 5.04. The molecule has 9 heteroatoms. The van der Waals surface area contributed by atoms with E-state index in [1.54, 1.807) is 19.1 Å². The summed E-state index contributed by atoms with van der Waals surface area (Å²) in [4.78, 5) is 14.4. The van der Waals surface area contributed by atoms with Crippen LogP contribution in [-0.2, 0) is 0 Å². The highest BCUT2D eigenvalue weighted by atomic mass is 32.1. The SMILES string of the molecule is Cc1nsc(N)c1-c1nc(-c2ccc([N+](=O)[O-])cc2)no1. The summed E-state index contributed by atoms with van der Waals surface area (Å²) >= 11 is 1.16. The normalized spacial score (nSPS) is 10.7. The number of hydrogen-bond acceptors (Lipinski definition) is 8. The van der Waals surface area contributed by atoms with E-state index in [-0.39, 0.29) is 11.6 Å². The fraction of sp³-hybridized carbons (Fsp3) is 0.0833. The zero-order valence-electron chi connectivity index (χ0n) is 10.8. The van der Waals surface area contributed by atoms with Crippen molar-refractivity contribution < 1.29 is 9.45 Å². The van der Waals surface area contributed by atoms with E-state index in [0.717, 1.165) is 17.2 Å². The van der Waals surface area contributed by atoms with Crippen molar-refractivity contribution in [3.8, 4) is 22.8 Å². The quantitative estimate of drug-likeness (QED) is 0.583. The average molecular weight is 303 g/mol. The van der Waals surface area contributed by atoms with Gasteiger partial charge in [-0.3, -0.25) is 10.1 Å². The number of anilines is 1. The van der Waals surface area contributed by atoms with Gasteiger partial charge in [0.25, 0.3) is 11.6 Å². The molecule has 0 radical (unpaired) electrons.